The number of aromatic amines is 1. The van der Waals surface area contributed by atoms with Gasteiger partial charge in [-0.1, -0.05) is 0 Å². The summed E-state index contributed by atoms with van der Waals surface area (Å²) < 4.78 is 26.4. The Morgan fingerprint density at radius 2 is 2.06 bits per heavy atom. The van der Waals surface area contributed by atoms with Crippen LogP contribution in [0.25, 0.3) is 0 Å². The van der Waals surface area contributed by atoms with Gasteiger partial charge in [0.25, 0.3) is 0 Å². The highest BCUT2D eigenvalue weighted by Gasteiger charge is 2.30. The molecule has 16 heavy (non-hydrogen) atoms. The van der Waals surface area contributed by atoms with Crippen LogP contribution in [0.1, 0.15) is 12.6 Å². The molecule has 1 aromatic heterocycles. The maximum absolute atomic E-state index is 12.0. The summed E-state index contributed by atoms with van der Waals surface area (Å²) in [6.45, 7) is 3.26. The molecule has 0 aromatic carbocycles. The SMILES string of the molecule is Cc1[nH]ncc1S(=O)(=O)NC(C)(CCl)CCl. The van der Waals surface area contributed by atoms with Crippen LogP contribution in [-0.2, 0) is 10.0 Å². The summed E-state index contributed by atoms with van der Waals surface area (Å²) in [4.78, 5) is 0.106. The standard InChI is InChI=1S/C8H13Cl2N3O2S/c1-6-7(3-11-12-6)16(14,15)13-8(2,4-9)5-10/h3,13H,4-5H2,1-2H3,(H,11,12). The first-order valence-corrected chi connectivity index (χ1v) is 7.06. The minimum Gasteiger partial charge on any atom is -0.281 e. The second-order valence-electron chi connectivity index (χ2n) is 3.79. The van der Waals surface area contributed by atoms with E-state index in [1.165, 1.54) is 6.20 Å². The van der Waals surface area contributed by atoms with E-state index in [-0.39, 0.29) is 16.7 Å². The summed E-state index contributed by atoms with van der Waals surface area (Å²) in [5, 5.41) is 6.22. The van der Waals surface area contributed by atoms with Crippen molar-refractivity contribution in [2.24, 2.45) is 0 Å². The molecule has 0 saturated carbocycles. The van der Waals surface area contributed by atoms with Crippen LogP contribution in [0.5, 0.6) is 0 Å². The minimum absolute atomic E-state index is 0.0899. The molecule has 0 aliphatic heterocycles. The lowest BCUT2D eigenvalue weighted by Crippen LogP contribution is -2.49. The second kappa shape index (κ2) is 4.91. The fourth-order valence-corrected chi connectivity index (χ4v) is 3.20. The Hall–Kier alpha value is -0.300. The van der Waals surface area contributed by atoms with E-state index in [1.807, 2.05) is 0 Å². The van der Waals surface area contributed by atoms with Crippen LogP contribution in [0.15, 0.2) is 11.1 Å². The van der Waals surface area contributed by atoms with Gasteiger partial charge in [0, 0.05) is 11.8 Å². The summed E-state index contributed by atoms with van der Waals surface area (Å²) in [5.41, 5.74) is -0.398. The smallest absolute Gasteiger partial charge is 0.244 e. The largest absolute Gasteiger partial charge is 0.281 e. The normalized spacial score (nSPS) is 13.0. The minimum atomic E-state index is -3.64. The van der Waals surface area contributed by atoms with Crippen molar-refractivity contribution in [3.63, 3.8) is 0 Å². The zero-order valence-electron chi connectivity index (χ0n) is 8.92. The number of nitrogens with zero attached hydrogens (tertiary/aromatic N) is 1. The molecule has 8 heteroatoms. The van der Waals surface area contributed by atoms with Gasteiger partial charge in [0.2, 0.25) is 10.0 Å². The fraction of sp³-hybridized carbons (Fsp3) is 0.625. The zero-order chi connectivity index (χ0) is 12.4. The highest BCUT2D eigenvalue weighted by atomic mass is 35.5. The van der Waals surface area contributed by atoms with Crippen LogP contribution in [0.4, 0.5) is 0 Å². The van der Waals surface area contributed by atoms with Crippen LogP contribution in [-0.4, -0.2) is 35.9 Å². The predicted octanol–water partition coefficient (Wildman–Crippen LogP) is 1.23. The van der Waals surface area contributed by atoms with Gasteiger partial charge >= 0.3 is 0 Å². The van der Waals surface area contributed by atoms with Crippen LogP contribution in [0, 0.1) is 6.92 Å². The molecule has 2 N–H and O–H groups in total. The molecule has 0 atom stereocenters. The van der Waals surface area contributed by atoms with Gasteiger partial charge in [0.1, 0.15) is 4.90 Å². The van der Waals surface area contributed by atoms with Gasteiger partial charge < -0.3 is 0 Å². The van der Waals surface area contributed by atoms with Crippen molar-refractivity contribution in [2.75, 3.05) is 11.8 Å². The van der Waals surface area contributed by atoms with Crippen molar-refractivity contribution in [1.29, 1.82) is 0 Å². The zero-order valence-corrected chi connectivity index (χ0v) is 11.2. The van der Waals surface area contributed by atoms with E-state index in [2.05, 4.69) is 14.9 Å². The Balaban J connectivity index is 3.02. The first-order chi connectivity index (χ1) is 7.34. The number of halogens is 2. The van der Waals surface area contributed by atoms with Crippen molar-refractivity contribution < 1.29 is 8.42 Å². The maximum Gasteiger partial charge on any atom is 0.244 e. The van der Waals surface area contributed by atoms with Crippen molar-refractivity contribution >= 4 is 33.2 Å². The molecule has 1 heterocycles. The molecule has 1 aromatic rings. The highest BCUT2D eigenvalue weighted by molar-refractivity contribution is 7.89. The molecule has 1 rings (SSSR count). The number of hydrogen-bond donors (Lipinski definition) is 2. The van der Waals surface area contributed by atoms with Crippen LogP contribution in [0.2, 0.25) is 0 Å². The van der Waals surface area contributed by atoms with Crippen molar-refractivity contribution in [1.82, 2.24) is 14.9 Å². The van der Waals surface area contributed by atoms with Gasteiger partial charge in [-0.25, -0.2) is 13.1 Å². The molecule has 0 radical (unpaired) electrons. The lowest BCUT2D eigenvalue weighted by atomic mass is 10.1. The number of aryl methyl sites for hydroxylation is 1. The number of H-pyrrole nitrogens is 1. The molecular weight excluding hydrogens is 273 g/mol. The second-order valence-corrected chi connectivity index (χ2v) is 5.98. The maximum atomic E-state index is 12.0. The number of hydrogen-bond acceptors (Lipinski definition) is 3. The van der Waals surface area contributed by atoms with Gasteiger partial charge in [-0.05, 0) is 13.8 Å². The molecule has 0 amide bonds. The molecule has 0 aliphatic carbocycles. The van der Waals surface area contributed by atoms with E-state index in [0.29, 0.717) is 5.69 Å². The molecule has 0 saturated heterocycles. The molecule has 0 fully saturated rings. The Morgan fingerprint density at radius 3 is 2.44 bits per heavy atom. The molecular formula is C8H13Cl2N3O2S. The van der Waals surface area contributed by atoms with Gasteiger partial charge in [-0.2, -0.15) is 5.10 Å². The number of alkyl halides is 2. The Bertz CT molecular complexity index is 454. The van der Waals surface area contributed by atoms with E-state index in [1.54, 1.807) is 13.8 Å². The van der Waals surface area contributed by atoms with Crippen molar-refractivity contribution in [2.45, 2.75) is 24.3 Å². The average Bonchev–Trinajstić information content (AvgIpc) is 2.64. The summed E-state index contributed by atoms with van der Waals surface area (Å²) in [7, 11) is -3.64. The number of sulfonamides is 1. The summed E-state index contributed by atoms with van der Waals surface area (Å²) >= 11 is 11.4. The third-order valence-corrected chi connectivity index (χ3v) is 4.98. The van der Waals surface area contributed by atoms with Gasteiger partial charge in [0.05, 0.1) is 17.4 Å². The topological polar surface area (TPSA) is 74.8 Å². The van der Waals surface area contributed by atoms with Crippen molar-refractivity contribution in [3.05, 3.63) is 11.9 Å². The van der Waals surface area contributed by atoms with Gasteiger partial charge in [-0.15, -0.1) is 23.2 Å². The van der Waals surface area contributed by atoms with E-state index in [9.17, 15) is 8.42 Å². The molecule has 92 valence electrons. The van der Waals surface area contributed by atoms with E-state index >= 15 is 0 Å². The molecule has 0 unspecified atom stereocenters. The highest BCUT2D eigenvalue weighted by Crippen LogP contribution is 2.17. The number of nitrogens with one attached hydrogen (secondary N) is 2. The van der Waals surface area contributed by atoms with E-state index in [4.69, 9.17) is 23.2 Å². The molecule has 0 spiro atoms. The average molecular weight is 286 g/mol. The Morgan fingerprint density at radius 1 is 1.50 bits per heavy atom. The van der Waals surface area contributed by atoms with Gasteiger partial charge in [0.15, 0.2) is 0 Å². The van der Waals surface area contributed by atoms with E-state index in [0.717, 1.165) is 0 Å². The Labute approximate surface area is 105 Å². The quantitative estimate of drug-likeness (QED) is 0.799. The third kappa shape index (κ3) is 2.88. The van der Waals surface area contributed by atoms with Crippen LogP contribution < -0.4 is 4.72 Å². The first-order valence-electron chi connectivity index (χ1n) is 4.50. The van der Waals surface area contributed by atoms with Crippen LogP contribution >= 0.6 is 23.2 Å². The lowest BCUT2D eigenvalue weighted by molar-refractivity contribution is 0.500. The first kappa shape index (κ1) is 13.8. The number of rotatable bonds is 5. The third-order valence-electron chi connectivity index (χ3n) is 2.04. The molecule has 0 aliphatic rings. The molecule has 5 nitrogen and oxygen atoms in total. The molecule has 0 bridgehead atoms. The Kier molecular flexibility index (Phi) is 4.23. The summed E-state index contributed by atoms with van der Waals surface area (Å²) in [6.07, 6.45) is 1.25. The fourth-order valence-electron chi connectivity index (χ4n) is 1.08. The van der Waals surface area contributed by atoms with Crippen LogP contribution in [0.3, 0.4) is 0 Å². The monoisotopic (exact) mass is 285 g/mol. The van der Waals surface area contributed by atoms with Gasteiger partial charge in [-0.3, -0.25) is 5.10 Å². The number of aromatic nitrogens is 2. The van der Waals surface area contributed by atoms with E-state index < -0.39 is 15.6 Å². The summed E-state index contributed by atoms with van der Waals surface area (Å²) in [5.74, 6) is 0.180. The predicted molar refractivity (Wildman–Crippen MR) is 63.5 cm³/mol. The van der Waals surface area contributed by atoms with Crippen molar-refractivity contribution in [3.8, 4) is 0 Å². The lowest BCUT2D eigenvalue weighted by Gasteiger charge is -2.25. The summed E-state index contributed by atoms with van der Waals surface area (Å²) in [6, 6.07) is 0.